The number of rotatable bonds is 12. The summed E-state index contributed by atoms with van der Waals surface area (Å²) in [6.07, 6.45) is 0. The van der Waals surface area contributed by atoms with E-state index in [0.717, 1.165) is 61.7 Å². The molecule has 0 aliphatic heterocycles. The lowest BCUT2D eigenvalue weighted by atomic mass is 9.74. The highest BCUT2D eigenvalue weighted by Gasteiger charge is 2.54. The number of hydrogen-bond donors (Lipinski definition) is 0. The number of anilines is 6. The Labute approximate surface area is 439 Å². The van der Waals surface area contributed by atoms with Gasteiger partial charge in [0.2, 0.25) is 35.1 Å². The molecular weight excluding hydrogens is 937 g/mol. The van der Waals surface area contributed by atoms with Gasteiger partial charge < -0.3 is 0 Å². The molecule has 2 aromatic heterocycles. The van der Waals surface area contributed by atoms with Crippen LogP contribution in [0.2, 0.25) is 0 Å². The zero-order chi connectivity index (χ0) is 51.4. The van der Waals surface area contributed by atoms with Crippen molar-refractivity contribution in [3.05, 3.63) is 299 Å². The van der Waals surface area contributed by atoms with Crippen LogP contribution in [0.4, 0.5) is 34.6 Å². The highest BCUT2D eigenvalue weighted by Crippen LogP contribution is 2.59. The number of carbonyl (C=O) groups excluding carboxylic acids is 2. The Hall–Kier alpha value is -10.1. The minimum absolute atomic E-state index is 0.0952. The van der Waals surface area contributed by atoms with Crippen molar-refractivity contribution in [2.24, 2.45) is 0 Å². The summed E-state index contributed by atoms with van der Waals surface area (Å²) in [5.74, 6) is -0.425. The Morgan fingerprint density at radius 3 is 1.12 bits per heavy atom. The zero-order valence-corrected chi connectivity index (χ0v) is 41.5. The Morgan fingerprint density at radius 2 is 0.671 bits per heavy atom. The molecule has 0 radical (unpaired) electrons. The van der Waals surface area contributed by atoms with E-state index in [2.05, 4.69) is 62.4 Å². The summed E-state index contributed by atoms with van der Waals surface area (Å²) in [5.41, 5.74) is 9.71. The van der Waals surface area contributed by atoms with Gasteiger partial charge in [-0.05, 0) is 105 Å². The molecule has 1 unspecified atom stereocenters. The standard InChI is InChI=1S/C66H46N8O2/c1-65(2)53-39-23-21-37-49(53)51-42-56-52(41-55(51)65)50-38-22-24-40-54(50)66(56,61-68-59(57(75)43-25-9-3-10-26-43)67-60(69-61)58(76)44-27-11-4-12-28-44)62-70-63(73(45-29-13-5-14-30-45)46-31-15-6-16-32-46)72-64(71-62)74(47-33-17-7-18-34-47)48-35-19-8-20-36-48/h3-42H,1-2H3. The van der Waals surface area contributed by atoms with Crippen LogP contribution < -0.4 is 9.80 Å². The van der Waals surface area contributed by atoms with Crippen LogP contribution in [0.3, 0.4) is 0 Å². The van der Waals surface area contributed by atoms with Gasteiger partial charge in [-0.25, -0.2) is 15.0 Å². The molecule has 0 N–H and O–H groups in total. The first-order valence-electron chi connectivity index (χ1n) is 25.2. The molecule has 10 nitrogen and oxygen atoms in total. The SMILES string of the molecule is CC1(C)c2ccccc2-c2cc3c(cc21)-c1ccccc1C3(c1nc(C(=O)c2ccccc2)nc(C(=O)c2ccccc2)n1)c1nc(N(c2ccccc2)c2ccccc2)nc(N(c2ccccc2)c2ccccc2)n1. The van der Waals surface area contributed by atoms with Crippen LogP contribution in [0.5, 0.6) is 0 Å². The second kappa shape index (κ2) is 18.5. The van der Waals surface area contributed by atoms with Crippen molar-refractivity contribution < 1.29 is 9.59 Å². The van der Waals surface area contributed by atoms with Gasteiger partial charge in [0, 0.05) is 39.3 Å². The third-order valence-corrected chi connectivity index (χ3v) is 14.6. The molecule has 0 fully saturated rings. The molecule has 2 aliphatic rings. The molecule has 2 aliphatic carbocycles. The van der Waals surface area contributed by atoms with E-state index >= 15 is 9.59 Å². The largest absolute Gasteiger partial charge is 0.285 e. The van der Waals surface area contributed by atoms with Crippen molar-refractivity contribution >= 4 is 46.2 Å². The number of aromatic nitrogens is 6. The van der Waals surface area contributed by atoms with Crippen molar-refractivity contribution in [3.8, 4) is 22.3 Å². The Bertz CT molecular complexity index is 3760. The van der Waals surface area contributed by atoms with Crippen LogP contribution in [-0.2, 0) is 10.8 Å². The average molecular weight is 983 g/mol. The third-order valence-electron chi connectivity index (χ3n) is 14.6. The second-order valence-electron chi connectivity index (χ2n) is 19.4. The van der Waals surface area contributed by atoms with Crippen molar-refractivity contribution in [1.29, 1.82) is 0 Å². The lowest BCUT2D eigenvalue weighted by molar-refractivity contribution is 0.102. The lowest BCUT2D eigenvalue weighted by Gasteiger charge is -2.33. The lowest BCUT2D eigenvalue weighted by Crippen LogP contribution is -2.36. The van der Waals surface area contributed by atoms with E-state index in [9.17, 15) is 0 Å². The number of benzene rings is 9. The third kappa shape index (κ3) is 7.49. The minimum Gasteiger partial charge on any atom is -0.285 e. The molecule has 0 saturated carbocycles. The maximum Gasteiger partial charge on any atom is 0.239 e. The molecule has 13 rings (SSSR count). The molecule has 0 saturated heterocycles. The quantitative estimate of drug-likeness (QED) is 0.110. The number of carbonyl (C=O) groups is 2. The van der Waals surface area contributed by atoms with E-state index in [1.807, 2.05) is 155 Å². The van der Waals surface area contributed by atoms with Gasteiger partial charge in [0.15, 0.2) is 11.6 Å². The van der Waals surface area contributed by atoms with Gasteiger partial charge in [-0.2, -0.15) is 15.0 Å². The molecule has 0 amide bonds. The molecule has 1 atom stereocenters. The van der Waals surface area contributed by atoms with Crippen molar-refractivity contribution in [1.82, 2.24) is 29.9 Å². The Balaban J connectivity index is 1.21. The number of nitrogens with zero attached hydrogens (tertiary/aromatic N) is 8. The van der Waals surface area contributed by atoms with Gasteiger partial charge in [-0.3, -0.25) is 19.4 Å². The Kier molecular flexibility index (Phi) is 11.1. The van der Waals surface area contributed by atoms with Gasteiger partial charge in [0.25, 0.3) is 0 Å². The van der Waals surface area contributed by atoms with E-state index in [1.54, 1.807) is 48.5 Å². The molecular formula is C66H46N8O2. The summed E-state index contributed by atoms with van der Waals surface area (Å²) in [7, 11) is 0. The van der Waals surface area contributed by atoms with Crippen LogP contribution >= 0.6 is 0 Å². The number of para-hydroxylation sites is 4. The molecule has 0 spiro atoms. The fourth-order valence-electron chi connectivity index (χ4n) is 11.0. The van der Waals surface area contributed by atoms with E-state index in [-0.39, 0.29) is 28.7 Å². The fourth-order valence-corrected chi connectivity index (χ4v) is 11.0. The van der Waals surface area contributed by atoms with Gasteiger partial charge in [0.05, 0.1) is 0 Å². The van der Waals surface area contributed by atoms with Crippen LogP contribution in [0, 0.1) is 0 Å². The van der Waals surface area contributed by atoms with Gasteiger partial charge >= 0.3 is 0 Å². The van der Waals surface area contributed by atoms with Crippen molar-refractivity contribution in [3.63, 3.8) is 0 Å². The van der Waals surface area contributed by atoms with E-state index in [1.165, 1.54) is 5.56 Å². The molecule has 9 aromatic carbocycles. The first-order valence-corrected chi connectivity index (χ1v) is 25.2. The predicted octanol–water partition coefficient (Wildman–Crippen LogP) is 14.1. The molecule has 11 aromatic rings. The summed E-state index contributed by atoms with van der Waals surface area (Å²) >= 11 is 0. The normalized spacial score (nSPS) is 14.4. The number of ketones is 2. The highest BCUT2D eigenvalue weighted by molar-refractivity contribution is 6.09. The summed E-state index contributed by atoms with van der Waals surface area (Å²) in [6, 6.07) is 79.0. The molecule has 2 heterocycles. The number of fused-ring (bicyclic) bond motifs is 6. The Morgan fingerprint density at radius 1 is 0.329 bits per heavy atom. The van der Waals surface area contributed by atoms with Crippen molar-refractivity contribution in [2.75, 3.05) is 9.80 Å². The maximum absolute atomic E-state index is 15.0. The average Bonchev–Trinajstić information content (AvgIpc) is 3.91. The summed E-state index contributed by atoms with van der Waals surface area (Å²) in [5, 5.41) is 0. The first kappa shape index (κ1) is 45.8. The highest BCUT2D eigenvalue weighted by atomic mass is 16.1. The first-order chi connectivity index (χ1) is 37.3. The summed E-state index contributed by atoms with van der Waals surface area (Å²) < 4.78 is 0. The molecule has 362 valence electrons. The fraction of sp³-hybridized carbons (Fsp3) is 0.0606. The van der Waals surface area contributed by atoms with E-state index in [4.69, 9.17) is 29.9 Å². The van der Waals surface area contributed by atoms with Crippen molar-refractivity contribution in [2.45, 2.75) is 24.7 Å². The second-order valence-corrected chi connectivity index (χ2v) is 19.4. The molecule has 0 bridgehead atoms. The minimum atomic E-state index is -1.65. The topological polar surface area (TPSA) is 118 Å². The van der Waals surface area contributed by atoms with E-state index < -0.39 is 17.0 Å². The zero-order valence-electron chi connectivity index (χ0n) is 41.5. The van der Waals surface area contributed by atoms with Gasteiger partial charge in [-0.1, -0.05) is 196 Å². The van der Waals surface area contributed by atoms with Crippen LogP contribution in [0.15, 0.2) is 243 Å². The summed E-state index contributed by atoms with van der Waals surface area (Å²) in [4.78, 5) is 66.4. The van der Waals surface area contributed by atoms with Gasteiger partial charge in [0.1, 0.15) is 5.41 Å². The predicted molar refractivity (Wildman–Crippen MR) is 297 cm³/mol. The van der Waals surface area contributed by atoms with E-state index in [0.29, 0.717) is 23.0 Å². The smallest absolute Gasteiger partial charge is 0.239 e. The van der Waals surface area contributed by atoms with Gasteiger partial charge in [-0.15, -0.1) is 0 Å². The molecule has 10 heteroatoms. The maximum atomic E-state index is 15.0. The monoisotopic (exact) mass is 982 g/mol. The van der Waals surface area contributed by atoms with Crippen LogP contribution in [-0.4, -0.2) is 41.5 Å². The number of hydrogen-bond acceptors (Lipinski definition) is 10. The molecule has 76 heavy (non-hydrogen) atoms. The van der Waals surface area contributed by atoms with Crippen LogP contribution in [0.1, 0.15) is 80.1 Å². The summed E-state index contributed by atoms with van der Waals surface area (Å²) in [6.45, 7) is 4.53. The van der Waals surface area contributed by atoms with Crippen LogP contribution in [0.25, 0.3) is 22.3 Å².